The number of hydrogen-bond acceptors (Lipinski definition) is 3. The van der Waals surface area contributed by atoms with Crippen LogP contribution in [0.1, 0.15) is 12.5 Å². The first kappa shape index (κ1) is 13.2. The lowest BCUT2D eigenvalue weighted by atomic mass is 10.2. The van der Waals surface area contributed by atoms with Gasteiger partial charge in [-0.2, -0.15) is 0 Å². The first-order valence-corrected chi connectivity index (χ1v) is 6.81. The van der Waals surface area contributed by atoms with Gasteiger partial charge in [-0.3, -0.25) is 0 Å². The zero-order valence-electron chi connectivity index (χ0n) is 9.66. The topological polar surface area (TPSA) is 58.2 Å². The van der Waals surface area contributed by atoms with E-state index in [0.29, 0.717) is 18.0 Å². The van der Waals surface area contributed by atoms with Crippen molar-refractivity contribution in [3.63, 3.8) is 0 Å². The van der Waals surface area contributed by atoms with Gasteiger partial charge in [-0.1, -0.05) is 19.1 Å². The maximum Gasteiger partial charge on any atom is 0.240 e. The van der Waals surface area contributed by atoms with E-state index in [1.807, 2.05) is 19.1 Å². The van der Waals surface area contributed by atoms with E-state index in [-0.39, 0.29) is 0 Å². The molecule has 0 spiro atoms. The van der Waals surface area contributed by atoms with Gasteiger partial charge in [0.2, 0.25) is 10.0 Å². The molecule has 0 aliphatic rings. The third-order valence-electron chi connectivity index (χ3n) is 2.31. The lowest BCUT2D eigenvalue weighted by Crippen LogP contribution is -2.30. The molecule has 1 aromatic rings. The zero-order valence-corrected chi connectivity index (χ0v) is 10.5. The summed E-state index contributed by atoms with van der Waals surface area (Å²) in [7, 11) is -1.57. The Morgan fingerprint density at radius 2 is 1.75 bits per heavy atom. The summed E-state index contributed by atoms with van der Waals surface area (Å²) in [6, 6.07) is 6.96. The van der Waals surface area contributed by atoms with Crippen molar-refractivity contribution in [2.24, 2.45) is 0 Å². The SMILES string of the molecule is CCc1ccc(S(=O)(=O)NCCNC)cc1. The van der Waals surface area contributed by atoms with Crippen molar-refractivity contribution in [3.8, 4) is 0 Å². The number of likely N-dealkylation sites (N-methyl/N-ethyl adjacent to an activating group) is 1. The smallest absolute Gasteiger partial charge is 0.240 e. The molecule has 0 atom stereocenters. The summed E-state index contributed by atoms with van der Waals surface area (Å²) < 4.78 is 26.1. The Bertz CT molecular complexity index is 412. The number of rotatable bonds is 6. The fourth-order valence-electron chi connectivity index (χ4n) is 1.30. The van der Waals surface area contributed by atoms with Crippen LogP contribution >= 0.6 is 0 Å². The van der Waals surface area contributed by atoms with E-state index in [2.05, 4.69) is 10.0 Å². The summed E-state index contributed by atoms with van der Waals surface area (Å²) in [4.78, 5) is 0.320. The van der Waals surface area contributed by atoms with Crippen LogP contribution in [0.15, 0.2) is 29.2 Å². The van der Waals surface area contributed by atoms with Gasteiger partial charge in [-0.05, 0) is 31.2 Å². The Hall–Kier alpha value is -0.910. The lowest BCUT2D eigenvalue weighted by Gasteiger charge is -2.06. The van der Waals surface area contributed by atoms with Gasteiger partial charge >= 0.3 is 0 Å². The van der Waals surface area contributed by atoms with Crippen molar-refractivity contribution < 1.29 is 8.42 Å². The van der Waals surface area contributed by atoms with Gasteiger partial charge in [0.05, 0.1) is 4.90 Å². The minimum absolute atomic E-state index is 0.320. The minimum Gasteiger partial charge on any atom is -0.318 e. The molecule has 16 heavy (non-hydrogen) atoms. The molecule has 0 radical (unpaired) electrons. The molecule has 2 N–H and O–H groups in total. The number of aryl methyl sites for hydroxylation is 1. The third kappa shape index (κ3) is 3.59. The summed E-state index contributed by atoms with van der Waals surface area (Å²) >= 11 is 0. The maximum atomic E-state index is 11.8. The molecule has 0 amide bonds. The van der Waals surface area contributed by atoms with Crippen LogP contribution in [-0.2, 0) is 16.4 Å². The standard InChI is InChI=1S/C11H18N2O2S/c1-3-10-4-6-11(7-5-10)16(14,15)13-9-8-12-2/h4-7,12-13H,3,8-9H2,1-2H3. The average Bonchev–Trinajstić information content (AvgIpc) is 2.29. The van der Waals surface area contributed by atoms with Crippen molar-refractivity contribution in [1.82, 2.24) is 10.0 Å². The second-order valence-corrected chi connectivity index (χ2v) is 5.27. The number of hydrogen-bond donors (Lipinski definition) is 2. The fraction of sp³-hybridized carbons (Fsp3) is 0.455. The van der Waals surface area contributed by atoms with Crippen molar-refractivity contribution >= 4 is 10.0 Å². The van der Waals surface area contributed by atoms with E-state index in [1.54, 1.807) is 19.2 Å². The summed E-state index contributed by atoms with van der Waals surface area (Å²) in [5.41, 5.74) is 1.13. The van der Waals surface area contributed by atoms with E-state index in [4.69, 9.17) is 0 Å². The highest BCUT2D eigenvalue weighted by Crippen LogP contribution is 2.10. The third-order valence-corrected chi connectivity index (χ3v) is 3.79. The molecule has 0 saturated carbocycles. The summed E-state index contributed by atoms with van der Waals surface area (Å²) in [5.74, 6) is 0. The van der Waals surface area contributed by atoms with Gasteiger partial charge in [-0.25, -0.2) is 13.1 Å². The van der Waals surface area contributed by atoms with Gasteiger partial charge in [-0.15, -0.1) is 0 Å². The van der Waals surface area contributed by atoms with Crippen LogP contribution in [0.2, 0.25) is 0 Å². The van der Waals surface area contributed by atoms with Gasteiger partial charge < -0.3 is 5.32 Å². The van der Waals surface area contributed by atoms with Crippen LogP contribution < -0.4 is 10.0 Å². The zero-order chi connectivity index (χ0) is 12.0. The van der Waals surface area contributed by atoms with E-state index >= 15 is 0 Å². The van der Waals surface area contributed by atoms with Gasteiger partial charge in [0.1, 0.15) is 0 Å². The highest BCUT2D eigenvalue weighted by molar-refractivity contribution is 7.89. The predicted octanol–water partition coefficient (Wildman–Crippen LogP) is 0.747. The van der Waals surface area contributed by atoms with E-state index in [0.717, 1.165) is 12.0 Å². The highest BCUT2D eigenvalue weighted by Gasteiger charge is 2.12. The molecule has 4 nitrogen and oxygen atoms in total. The van der Waals surface area contributed by atoms with Crippen molar-refractivity contribution in [2.75, 3.05) is 20.1 Å². The molecular formula is C11H18N2O2S. The number of sulfonamides is 1. The largest absolute Gasteiger partial charge is 0.318 e. The molecule has 0 aromatic heterocycles. The molecule has 0 saturated heterocycles. The van der Waals surface area contributed by atoms with Gasteiger partial charge in [0.25, 0.3) is 0 Å². The second kappa shape index (κ2) is 5.98. The van der Waals surface area contributed by atoms with E-state index in [9.17, 15) is 8.42 Å². The van der Waals surface area contributed by atoms with Crippen LogP contribution in [0.4, 0.5) is 0 Å². The van der Waals surface area contributed by atoms with Crippen molar-refractivity contribution in [2.45, 2.75) is 18.2 Å². The Morgan fingerprint density at radius 1 is 1.12 bits per heavy atom. The molecule has 5 heteroatoms. The molecule has 0 heterocycles. The van der Waals surface area contributed by atoms with Crippen molar-refractivity contribution in [1.29, 1.82) is 0 Å². The first-order chi connectivity index (χ1) is 7.60. The van der Waals surface area contributed by atoms with Crippen LogP contribution in [-0.4, -0.2) is 28.6 Å². The molecule has 0 bridgehead atoms. The van der Waals surface area contributed by atoms with Crippen molar-refractivity contribution in [3.05, 3.63) is 29.8 Å². The Morgan fingerprint density at radius 3 is 2.25 bits per heavy atom. The van der Waals surface area contributed by atoms with E-state index in [1.165, 1.54) is 0 Å². The number of benzene rings is 1. The van der Waals surface area contributed by atoms with Crippen LogP contribution in [0, 0.1) is 0 Å². The normalized spacial score (nSPS) is 11.6. The lowest BCUT2D eigenvalue weighted by molar-refractivity contribution is 0.579. The maximum absolute atomic E-state index is 11.8. The minimum atomic E-state index is -3.35. The monoisotopic (exact) mass is 242 g/mol. The van der Waals surface area contributed by atoms with E-state index < -0.39 is 10.0 Å². The Kier molecular flexibility index (Phi) is 4.92. The number of nitrogens with one attached hydrogen (secondary N) is 2. The summed E-state index contributed by atoms with van der Waals surface area (Å²) in [5, 5.41) is 2.88. The molecule has 1 rings (SSSR count). The van der Waals surface area contributed by atoms with Crippen LogP contribution in [0.3, 0.4) is 0 Å². The van der Waals surface area contributed by atoms with Crippen LogP contribution in [0.5, 0.6) is 0 Å². The summed E-state index contributed by atoms with van der Waals surface area (Å²) in [6.07, 6.45) is 0.910. The van der Waals surface area contributed by atoms with Gasteiger partial charge in [0.15, 0.2) is 0 Å². The van der Waals surface area contributed by atoms with Gasteiger partial charge in [0, 0.05) is 13.1 Å². The molecule has 0 aliphatic heterocycles. The molecular weight excluding hydrogens is 224 g/mol. The molecule has 0 unspecified atom stereocenters. The predicted molar refractivity (Wildman–Crippen MR) is 64.9 cm³/mol. The molecule has 1 aromatic carbocycles. The Balaban J connectivity index is 2.74. The highest BCUT2D eigenvalue weighted by atomic mass is 32.2. The Labute approximate surface area is 97.1 Å². The first-order valence-electron chi connectivity index (χ1n) is 5.33. The quantitative estimate of drug-likeness (QED) is 0.724. The molecule has 90 valence electrons. The molecule has 0 aliphatic carbocycles. The molecule has 0 fully saturated rings. The summed E-state index contributed by atoms with van der Waals surface area (Å²) in [6.45, 7) is 3.05. The fourth-order valence-corrected chi connectivity index (χ4v) is 2.33. The second-order valence-electron chi connectivity index (χ2n) is 3.50. The van der Waals surface area contributed by atoms with Crippen LogP contribution in [0.25, 0.3) is 0 Å². The average molecular weight is 242 g/mol.